The van der Waals surface area contributed by atoms with E-state index >= 15 is 0 Å². The molecule has 138 valence electrons. The number of carbonyl (C=O) groups is 3. The van der Waals surface area contributed by atoms with Crippen LogP contribution in [0.25, 0.3) is 0 Å². The van der Waals surface area contributed by atoms with Gasteiger partial charge in [0.05, 0.1) is 10.6 Å². The molecule has 0 spiro atoms. The summed E-state index contributed by atoms with van der Waals surface area (Å²) in [6, 6.07) is 4.23. The Morgan fingerprint density at radius 1 is 1.12 bits per heavy atom. The van der Waals surface area contributed by atoms with Crippen molar-refractivity contribution in [1.29, 1.82) is 0 Å². The fourth-order valence-electron chi connectivity index (χ4n) is 2.45. The van der Waals surface area contributed by atoms with Gasteiger partial charge in [-0.3, -0.25) is 9.59 Å². The summed E-state index contributed by atoms with van der Waals surface area (Å²) in [7, 11) is 0. The first-order valence-corrected chi connectivity index (χ1v) is 8.87. The third-order valence-corrected chi connectivity index (χ3v) is 3.93. The zero-order valence-corrected chi connectivity index (χ0v) is 15.4. The van der Waals surface area contributed by atoms with Gasteiger partial charge in [-0.15, -0.1) is 0 Å². The van der Waals surface area contributed by atoms with Crippen LogP contribution in [0, 0.1) is 0 Å². The molecule has 0 bridgehead atoms. The van der Waals surface area contributed by atoms with Crippen LogP contribution in [0.5, 0.6) is 0 Å². The summed E-state index contributed by atoms with van der Waals surface area (Å²) in [6.07, 6.45) is 2.86. The van der Waals surface area contributed by atoms with Crippen molar-refractivity contribution in [3.63, 3.8) is 0 Å². The van der Waals surface area contributed by atoms with Crippen molar-refractivity contribution in [2.24, 2.45) is 0 Å². The molecule has 1 aromatic rings. The molecule has 0 fully saturated rings. The number of hydrogen-bond donors (Lipinski definition) is 2. The van der Waals surface area contributed by atoms with Crippen molar-refractivity contribution >= 4 is 35.1 Å². The van der Waals surface area contributed by atoms with E-state index < -0.39 is 5.97 Å². The Morgan fingerprint density at radius 2 is 1.76 bits per heavy atom. The van der Waals surface area contributed by atoms with Crippen LogP contribution in [0.3, 0.4) is 0 Å². The molecule has 1 aromatic carbocycles. The van der Waals surface area contributed by atoms with Crippen molar-refractivity contribution in [3.05, 3.63) is 28.8 Å². The van der Waals surface area contributed by atoms with Crippen LogP contribution in [-0.2, 0) is 9.59 Å². The summed E-state index contributed by atoms with van der Waals surface area (Å²) >= 11 is 5.87. The summed E-state index contributed by atoms with van der Waals surface area (Å²) in [5.41, 5.74) is 0.419. The van der Waals surface area contributed by atoms with Gasteiger partial charge in [0.1, 0.15) is 0 Å². The number of nitrogens with one attached hydrogen (secondary N) is 1. The summed E-state index contributed by atoms with van der Waals surface area (Å²) < 4.78 is 0. The molecule has 0 unspecified atom stereocenters. The van der Waals surface area contributed by atoms with E-state index in [1.54, 1.807) is 0 Å². The zero-order valence-electron chi connectivity index (χ0n) is 14.7. The molecule has 0 aliphatic heterocycles. The van der Waals surface area contributed by atoms with Crippen molar-refractivity contribution in [1.82, 2.24) is 4.90 Å². The summed E-state index contributed by atoms with van der Waals surface area (Å²) in [5, 5.41) is 11.6. The van der Waals surface area contributed by atoms with Gasteiger partial charge < -0.3 is 15.3 Å². The number of hydrogen-bond acceptors (Lipinski definition) is 3. The number of nitrogens with zero attached hydrogens (tertiary/aromatic N) is 1. The second-order valence-electron chi connectivity index (χ2n) is 5.78. The highest BCUT2D eigenvalue weighted by Gasteiger charge is 2.13. The van der Waals surface area contributed by atoms with E-state index in [2.05, 4.69) is 5.32 Å². The summed E-state index contributed by atoms with van der Waals surface area (Å²) in [4.78, 5) is 36.8. The van der Waals surface area contributed by atoms with Gasteiger partial charge in [-0.1, -0.05) is 25.4 Å². The van der Waals surface area contributed by atoms with Crippen molar-refractivity contribution < 1.29 is 19.5 Å². The summed E-state index contributed by atoms with van der Waals surface area (Å²) in [5.74, 6) is -1.28. The van der Waals surface area contributed by atoms with E-state index in [4.69, 9.17) is 16.7 Å². The number of carboxylic acids is 1. The molecule has 25 heavy (non-hydrogen) atoms. The van der Waals surface area contributed by atoms with E-state index in [9.17, 15) is 14.4 Å². The first-order valence-electron chi connectivity index (χ1n) is 8.49. The molecule has 0 aromatic heterocycles. The molecular weight excluding hydrogens is 344 g/mol. The van der Waals surface area contributed by atoms with Gasteiger partial charge in [-0.05, 0) is 37.5 Å². The SMILES string of the molecule is CCCN(CCC)C(=O)CCCC(=O)Nc1ccc(C(=O)O)c(Cl)c1. The standard InChI is InChI=1S/C18H25ClN2O4/c1-3-10-21(11-4-2)17(23)7-5-6-16(22)20-13-8-9-14(18(24)25)15(19)12-13/h8-9,12H,3-7,10-11H2,1-2H3,(H,20,22)(H,24,25). The predicted molar refractivity (Wildman–Crippen MR) is 98.1 cm³/mol. The fraction of sp³-hybridized carbons (Fsp3) is 0.500. The third-order valence-electron chi connectivity index (χ3n) is 3.62. The third kappa shape index (κ3) is 7.13. The lowest BCUT2D eigenvalue weighted by molar-refractivity contribution is -0.131. The minimum absolute atomic E-state index is 0.0165. The van der Waals surface area contributed by atoms with Gasteiger partial charge in [-0.25, -0.2) is 4.79 Å². The van der Waals surface area contributed by atoms with E-state index in [0.717, 1.165) is 25.9 Å². The molecule has 0 saturated carbocycles. The normalized spacial score (nSPS) is 10.4. The Kier molecular flexibility index (Phi) is 8.99. The molecule has 0 aliphatic rings. The molecule has 6 nitrogen and oxygen atoms in total. The Balaban J connectivity index is 2.46. The van der Waals surface area contributed by atoms with Gasteiger partial charge in [0, 0.05) is 31.6 Å². The highest BCUT2D eigenvalue weighted by atomic mass is 35.5. The van der Waals surface area contributed by atoms with Gasteiger partial charge in [-0.2, -0.15) is 0 Å². The van der Waals surface area contributed by atoms with E-state index in [1.807, 2.05) is 18.7 Å². The number of amides is 2. The number of carbonyl (C=O) groups excluding carboxylic acids is 2. The Morgan fingerprint density at radius 3 is 2.28 bits per heavy atom. The average Bonchev–Trinajstić information content (AvgIpc) is 2.54. The van der Waals surface area contributed by atoms with Crippen molar-refractivity contribution in [3.8, 4) is 0 Å². The zero-order chi connectivity index (χ0) is 18.8. The van der Waals surface area contributed by atoms with Crippen LogP contribution < -0.4 is 5.32 Å². The Bertz CT molecular complexity index is 613. The number of carboxylic acid groups (broad SMARTS) is 1. The fourth-order valence-corrected chi connectivity index (χ4v) is 2.71. The summed E-state index contributed by atoms with van der Waals surface area (Å²) in [6.45, 7) is 5.55. The maximum atomic E-state index is 12.1. The quantitative estimate of drug-likeness (QED) is 0.657. The van der Waals surface area contributed by atoms with Crippen LogP contribution >= 0.6 is 11.6 Å². The van der Waals surface area contributed by atoms with Crippen LogP contribution in [0.4, 0.5) is 5.69 Å². The maximum Gasteiger partial charge on any atom is 0.337 e. The number of benzene rings is 1. The van der Waals surface area contributed by atoms with Crippen LogP contribution in [0.15, 0.2) is 18.2 Å². The molecule has 2 amide bonds. The number of anilines is 1. The van der Waals surface area contributed by atoms with E-state index in [-0.39, 0.29) is 28.8 Å². The van der Waals surface area contributed by atoms with Crippen LogP contribution in [0.1, 0.15) is 56.3 Å². The molecule has 2 N–H and O–H groups in total. The van der Waals surface area contributed by atoms with Crippen molar-refractivity contribution in [2.45, 2.75) is 46.0 Å². The lowest BCUT2D eigenvalue weighted by Gasteiger charge is -2.21. The first-order chi connectivity index (χ1) is 11.9. The molecule has 0 radical (unpaired) electrons. The molecule has 1 rings (SSSR count). The highest BCUT2D eigenvalue weighted by molar-refractivity contribution is 6.33. The second kappa shape index (κ2) is 10.7. The van der Waals surface area contributed by atoms with E-state index in [0.29, 0.717) is 18.5 Å². The predicted octanol–water partition coefficient (Wildman–Crippen LogP) is 3.80. The van der Waals surface area contributed by atoms with E-state index in [1.165, 1.54) is 18.2 Å². The maximum absolute atomic E-state index is 12.1. The number of aromatic carboxylic acids is 1. The second-order valence-corrected chi connectivity index (χ2v) is 6.19. The van der Waals surface area contributed by atoms with Gasteiger partial charge in [0.25, 0.3) is 0 Å². The number of halogens is 1. The minimum atomic E-state index is -1.12. The average molecular weight is 369 g/mol. The lowest BCUT2D eigenvalue weighted by atomic mass is 10.2. The van der Waals surface area contributed by atoms with Gasteiger partial charge >= 0.3 is 5.97 Å². The van der Waals surface area contributed by atoms with Crippen LogP contribution in [0.2, 0.25) is 5.02 Å². The molecular formula is C18H25ClN2O4. The molecule has 0 aliphatic carbocycles. The highest BCUT2D eigenvalue weighted by Crippen LogP contribution is 2.21. The Hall–Kier alpha value is -2.08. The monoisotopic (exact) mass is 368 g/mol. The molecule has 0 heterocycles. The molecule has 0 atom stereocenters. The van der Waals surface area contributed by atoms with Gasteiger partial charge in [0.2, 0.25) is 11.8 Å². The Labute approximate surface area is 153 Å². The topological polar surface area (TPSA) is 86.7 Å². The smallest absolute Gasteiger partial charge is 0.337 e. The molecule has 0 saturated heterocycles. The lowest BCUT2D eigenvalue weighted by Crippen LogP contribution is -2.32. The molecule has 7 heteroatoms. The first kappa shape index (κ1) is 21.0. The minimum Gasteiger partial charge on any atom is -0.478 e. The van der Waals surface area contributed by atoms with Crippen LogP contribution in [-0.4, -0.2) is 40.9 Å². The largest absolute Gasteiger partial charge is 0.478 e. The van der Waals surface area contributed by atoms with Crippen molar-refractivity contribution in [2.75, 3.05) is 18.4 Å². The number of rotatable bonds is 10. The van der Waals surface area contributed by atoms with Gasteiger partial charge in [0.15, 0.2) is 0 Å².